The molecule has 0 aliphatic carbocycles. The second-order valence-electron chi connectivity index (χ2n) is 24.6. The molecule has 636 valence electrons. The first kappa shape index (κ1) is 119. The molecule has 0 aliphatic heterocycles. The standard InChI is InChI=1S/C14H29NO.C11H23NO4.C9H19NO3.C9H19NO.2C8H17NO2.C8H17NO.C7H15NO2.C6H13NO/c1-3-4-5-6-7-8-9-10-11-12-13-15-14(2)16;1-3-5-14-7-9-16-10-8-15-6-4-12-11(2)13;1-3-5-12-7-8-13-6-4-10-9(2)11;1-3-5-6-7-8-10-9(11)4-2;2*1-3-6-11-7-5-9-8(10)4-2;1-3-4-5-6-7-9-8(2)10;1-3-5-10-6-4-8-7(2)9;1-3-4-5-7-6(2)8/h3-13H2,1-2H3,(H,15,16);3-10H2,1-2H3,(H,12,13);3-8H2,1-2H3,(H,10,11);3-8H2,1-2H3,(H,10,11);2*3-7H2,1-2H3,(H,9,10);3-7H2,1-2H3,(H,9,10);3-6H2,1-2H3,(H,8,9);3-5H2,1-2H3,(H,7,8). The quantitative estimate of drug-likeness (QED) is 0.0255. The molecule has 0 fully saturated rings. The molecule has 9 N–H and O–H groups in total. The number of amides is 9. The molecule has 106 heavy (non-hydrogen) atoms. The van der Waals surface area contributed by atoms with Gasteiger partial charge in [-0.15, -0.1) is 0 Å². The van der Waals surface area contributed by atoms with Gasteiger partial charge in [0.05, 0.1) is 72.7 Å². The average Bonchev–Trinajstić information content (AvgIpc) is 3.02. The molecule has 26 nitrogen and oxygen atoms in total. The lowest BCUT2D eigenvalue weighted by Crippen LogP contribution is -2.26. The molecular formula is C80H169N9O17. The molecule has 0 unspecified atom stereocenters. The third kappa shape index (κ3) is 160. The number of unbranched alkanes of at least 4 members (excludes halogenated alkanes) is 16. The molecule has 0 rings (SSSR count). The first-order valence-electron chi connectivity index (χ1n) is 40.9. The predicted octanol–water partition coefficient (Wildman–Crippen LogP) is 12.3. The lowest BCUT2D eigenvalue weighted by atomic mass is 10.1. The normalized spacial score (nSPS) is 9.79. The van der Waals surface area contributed by atoms with Gasteiger partial charge in [-0.2, -0.15) is 0 Å². The van der Waals surface area contributed by atoms with E-state index in [2.05, 4.69) is 110 Å². The fourth-order valence-corrected chi connectivity index (χ4v) is 7.60. The van der Waals surface area contributed by atoms with Crippen LogP contribution in [0.1, 0.15) is 304 Å². The van der Waals surface area contributed by atoms with E-state index in [0.717, 1.165) is 123 Å². The van der Waals surface area contributed by atoms with Crippen LogP contribution in [0.4, 0.5) is 0 Å². The first-order valence-corrected chi connectivity index (χ1v) is 40.9. The number of hydrogen-bond acceptors (Lipinski definition) is 17. The lowest BCUT2D eigenvalue weighted by Gasteiger charge is -2.06. The monoisotopic (exact) mass is 1530 g/mol. The van der Waals surface area contributed by atoms with Crippen LogP contribution in [0.2, 0.25) is 0 Å². The summed E-state index contributed by atoms with van der Waals surface area (Å²) in [6.45, 7) is 50.6. The molecule has 0 spiro atoms. The van der Waals surface area contributed by atoms with Gasteiger partial charge >= 0.3 is 0 Å². The van der Waals surface area contributed by atoms with E-state index in [0.29, 0.717) is 125 Å². The van der Waals surface area contributed by atoms with Crippen molar-refractivity contribution in [2.75, 3.05) is 165 Å². The zero-order valence-corrected chi connectivity index (χ0v) is 71.4. The molecule has 0 bridgehead atoms. The predicted molar refractivity (Wildman–Crippen MR) is 435 cm³/mol. The van der Waals surface area contributed by atoms with Crippen molar-refractivity contribution in [3.8, 4) is 0 Å². The van der Waals surface area contributed by atoms with Crippen molar-refractivity contribution in [2.24, 2.45) is 0 Å². The van der Waals surface area contributed by atoms with Gasteiger partial charge in [-0.25, -0.2) is 0 Å². The van der Waals surface area contributed by atoms with Gasteiger partial charge in [0, 0.05) is 153 Å². The van der Waals surface area contributed by atoms with Gasteiger partial charge in [-0.3, -0.25) is 43.2 Å². The van der Waals surface area contributed by atoms with E-state index in [1.54, 1.807) is 13.8 Å². The summed E-state index contributed by atoms with van der Waals surface area (Å²) in [7, 11) is 0. The van der Waals surface area contributed by atoms with E-state index in [9.17, 15) is 43.2 Å². The molecule has 0 aromatic carbocycles. The van der Waals surface area contributed by atoms with Crippen LogP contribution in [0.5, 0.6) is 0 Å². The highest BCUT2D eigenvalue weighted by Gasteiger charge is 2.00. The highest BCUT2D eigenvalue weighted by atomic mass is 16.5. The van der Waals surface area contributed by atoms with Crippen LogP contribution in [-0.4, -0.2) is 218 Å². The van der Waals surface area contributed by atoms with Gasteiger partial charge in [0.2, 0.25) is 53.2 Å². The minimum atomic E-state index is -0.0343. The molecular weight excluding hydrogens is 1360 g/mol. The Balaban J connectivity index is -0.000000144. The fourth-order valence-electron chi connectivity index (χ4n) is 7.60. The Bertz CT molecular complexity index is 1680. The summed E-state index contributed by atoms with van der Waals surface area (Å²) < 4.78 is 41.6. The van der Waals surface area contributed by atoms with Crippen molar-refractivity contribution in [1.29, 1.82) is 0 Å². The van der Waals surface area contributed by atoms with E-state index < -0.39 is 0 Å². The van der Waals surface area contributed by atoms with Crippen molar-refractivity contribution < 1.29 is 81.0 Å². The van der Waals surface area contributed by atoms with Crippen LogP contribution >= 0.6 is 0 Å². The summed E-state index contributed by atoms with van der Waals surface area (Å²) in [5, 5.41) is 24.5. The molecule has 0 aromatic rings. The van der Waals surface area contributed by atoms with Crippen LogP contribution in [-0.2, 0) is 81.0 Å². The van der Waals surface area contributed by atoms with Gasteiger partial charge in [0.1, 0.15) is 0 Å². The highest BCUT2D eigenvalue weighted by molar-refractivity contribution is 5.76. The summed E-state index contributed by atoms with van der Waals surface area (Å²) >= 11 is 0. The molecule has 0 heterocycles. The molecule has 0 aromatic heterocycles. The number of nitrogens with one attached hydrogen (secondary N) is 9. The number of carbonyl (C=O) groups excluding carboxylic acids is 9. The minimum Gasteiger partial charge on any atom is -0.380 e. The zero-order chi connectivity index (χ0) is 81.7. The van der Waals surface area contributed by atoms with Crippen molar-refractivity contribution in [3.63, 3.8) is 0 Å². The summed E-state index contributed by atoms with van der Waals surface area (Å²) in [4.78, 5) is 94.5. The molecule has 0 aliphatic rings. The van der Waals surface area contributed by atoms with Gasteiger partial charge in [-0.1, -0.05) is 186 Å². The van der Waals surface area contributed by atoms with Gasteiger partial charge in [-0.05, 0) is 57.8 Å². The fraction of sp³-hybridized carbons (Fsp3) is 0.887. The van der Waals surface area contributed by atoms with E-state index in [1.807, 2.05) is 20.8 Å². The zero-order valence-electron chi connectivity index (χ0n) is 71.4. The Morgan fingerprint density at radius 2 is 0.330 bits per heavy atom. The topological polar surface area (TPSA) is 336 Å². The average molecular weight is 1530 g/mol. The molecule has 0 radical (unpaired) electrons. The molecule has 9 amide bonds. The summed E-state index contributed by atoms with van der Waals surface area (Å²) in [5.74, 6) is 0.529. The number of rotatable bonds is 61. The Morgan fingerprint density at radius 3 is 0.557 bits per heavy atom. The van der Waals surface area contributed by atoms with E-state index >= 15 is 0 Å². The number of carbonyl (C=O) groups is 9. The third-order valence-corrected chi connectivity index (χ3v) is 13.4. The third-order valence-electron chi connectivity index (χ3n) is 13.4. The van der Waals surface area contributed by atoms with Gasteiger partial charge in [0.15, 0.2) is 0 Å². The van der Waals surface area contributed by atoms with E-state index in [-0.39, 0.29) is 53.2 Å². The largest absolute Gasteiger partial charge is 0.380 e. The Morgan fingerprint density at radius 1 is 0.170 bits per heavy atom. The Labute approximate surface area is 648 Å². The Hall–Kier alpha value is -5.09. The van der Waals surface area contributed by atoms with Gasteiger partial charge < -0.3 is 85.7 Å². The maximum Gasteiger partial charge on any atom is 0.219 e. The van der Waals surface area contributed by atoms with E-state index in [1.165, 1.54) is 124 Å². The number of ether oxygens (including phenoxy) is 8. The van der Waals surface area contributed by atoms with Crippen molar-refractivity contribution in [3.05, 3.63) is 0 Å². The molecule has 0 atom stereocenters. The SMILES string of the molecule is CCCCCCCCCCCCNC(C)=O.CCCCCCNC(=O)CC.CCCCCCNC(C)=O.CCCCNC(C)=O.CCCOCCNC(=O)CC.CCCOCCNC(=O)CC.CCCOCCNC(C)=O.CCCOCCOCCNC(C)=O.CCCOCCOCCOCCNC(C)=O. The van der Waals surface area contributed by atoms with Gasteiger partial charge in [0.25, 0.3) is 0 Å². The van der Waals surface area contributed by atoms with Crippen LogP contribution in [0.3, 0.4) is 0 Å². The smallest absolute Gasteiger partial charge is 0.219 e. The maximum absolute atomic E-state index is 10.7. The minimum absolute atomic E-state index is 0.0000912. The highest BCUT2D eigenvalue weighted by Crippen LogP contribution is 2.10. The molecule has 0 saturated heterocycles. The molecule has 26 heteroatoms. The van der Waals surface area contributed by atoms with Crippen molar-refractivity contribution in [1.82, 2.24) is 47.9 Å². The Kier molecular flexibility index (Phi) is 130. The van der Waals surface area contributed by atoms with Crippen LogP contribution in [0, 0.1) is 0 Å². The van der Waals surface area contributed by atoms with Crippen molar-refractivity contribution in [2.45, 2.75) is 304 Å². The maximum atomic E-state index is 10.7. The summed E-state index contributed by atoms with van der Waals surface area (Å²) in [6.07, 6.45) is 32.3. The lowest BCUT2D eigenvalue weighted by molar-refractivity contribution is -0.121. The second kappa shape index (κ2) is 116. The van der Waals surface area contributed by atoms with E-state index in [4.69, 9.17) is 37.9 Å². The van der Waals surface area contributed by atoms with Crippen LogP contribution < -0.4 is 47.9 Å². The van der Waals surface area contributed by atoms with Crippen molar-refractivity contribution >= 4 is 53.2 Å². The first-order chi connectivity index (χ1) is 51.0. The van der Waals surface area contributed by atoms with Crippen LogP contribution in [0.15, 0.2) is 0 Å². The second-order valence-corrected chi connectivity index (χ2v) is 24.6. The number of hydrogen-bond donors (Lipinski definition) is 9. The van der Waals surface area contributed by atoms with Crippen LogP contribution in [0.25, 0.3) is 0 Å². The molecule has 0 saturated carbocycles. The summed E-state index contributed by atoms with van der Waals surface area (Å²) in [6, 6.07) is 0. The summed E-state index contributed by atoms with van der Waals surface area (Å²) in [5.41, 5.74) is 0.